The third-order valence-corrected chi connectivity index (χ3v) is 7.49. The first-order chi connectivity index (χ1) is 18.1. The van der Waals surface area contributed by atoms with Gasteiger partial charge in [0.25, 0.3) is 0 Å². The lowest BCUT2D eigenvalue weighted by Gasteiger charge is -2.26. The van der Waals surface area contributed by atoms with Crippen molar-refractivity contribution in [1.82, 2.24) is 14.8 Å². The van der Waals surface area contributed by atoms with Crippen molar-refractivity contribution in [2.75, 3.05) is 26.2 Å². The van der Waals surface area contributed by atoms with E-state index in [0.29, 0.717) is 19.5 Å². The number of carbonyl (C=O) groups excluding carboxylic acids is 1. The van der Waals surface area contributed by atoms with Crippen LogP contribution in [-0.4, -0.2) is 41.6 Å². The highest BCUT2D eigenvalue weighted by atomic mass is 19.1. The van der Waals surface area contributed by atoms with Gasteiger partial charge in [-0.1, -0.05) is 66.6 Å². The van der Waals surface area contributed by atoms with E-state index in [1.165, 1.54) is 37.0 Å². The van der Waals surface area contributed by atoms with Crippen molar-refractivity contribution >= 4 is 16.8 Å². The van der Waals surface area contributed by atoms with Gasteiger partial charge in [0.1, 0.15) is 5.82 Å². The van der Waals surface area contributed by atoms with Crippen LogP contribution in [0.5, 0.6) is 0 Å². The highest BCUT2D eigenvalue weighted by Gasteiger charge is 2.23. The minimum absolute atomic E-state index is 0.0609. The topological polar surface area (TPSA) is 37.3 Å². The van der Waals surface area contributed by atoms with E-state index in [-0.39, 0.29) is 17.6 Å². The average Bonchev–Trinajstić information content (AvgIpc) is 3.27. The molecule has 0 radical (unpaired) electrons. The van der Waals surface area contributed by atoms with Crippen molar-refractivity contribution in [2.45, 2.75) is 45.1 Å². The quantitative estimate of drug-likeness (QED) is 0.296. The summed E-state index contributed by atoms with van der Waals surface area (Å²) in [5.74, 6) is -0.208. The Hall–Kier alpha value is -3.44. The number of likely N-dealkylation sites (tertiary alicyclic amines) is 1. The highest BCUT2D eigenvalue weighted by molar-refractivity contribution is 5.86. The number of aryl methyl sites for hydroxylation is 1. The number of halogens is 1. The number of hydrogen-bond acceptors (Lipinski definition) is 2. The predicted molar refractivity (Wildman–Crippen MR) is 148 cm³/mol. The zero-order valence-electron chi connectivity index (χ0n) is 21.6. The number of para-hydroxylation sites is 1. The van der Waals surface area contributed by atoms with Crippen molar-refractivity contribution in [1.29, 1.82) is 0 Å². The number of aromatic nitrogens is 1. The maximum absolute atomic E-state index is 13.5. The van der Waals surface area contributed by atoms with Gasteiger partial charge in [0.2, 0.25) is 5.91 Å². The molecular weight excluding hydrogens is 461 g/mol. The second kappa shape index (κ2) is 11.7. The number of nitrogens with zero attached hydrogens (tertiary/aromatic N) is 2. The summed E-state index contributed by atoms with van der Waals surface area (Å²) in [7, 11) is 0. The second-order valence-corrected chi connectivity index (χ2v) is 10.3. The lowest BCUT2D eigenvalue weighted by molar-refractivity contribution is -0.121. The molecule has 1 unspecified atom stereocenters. The van der Waals surface area contributed by atoms with Crippen molar-refractivity contribution in [3.63, 3.8) is 0 Å². The standard InChI is InChI=1S/C32H36FN3O/c1-24-8-7-9-26(20-24)29(21-32(37)34-16-19-35-17-5-2-6-18-35)30-23-36(31-11-4-3-10-28(30)31)22-25-12-14-27(33)15-13-25/h3-4,7-15,20,23,29H,2,5-6,16-19,21-22H2,1H3,(H,34,37). The van der Waals surface area contributed by atoms with E-state index < -0.39 is 0 Å². The Kier molecular flexibility index (Phi) is 8.00. The lowest BCUT2D eigenvalue weighted by atomic mass is 9.87. The molecule has 5 heteroatoms. The molecule has 3 aromatic carbocycles. The molecule has 1 fully saturated rings. The minimum Gasteiger partial charge on any atom is -0.355 e. The van der Waals surface area contributed by atoms with Gasteiger partial charge in [-0.2, -0.15) is 0 Å². The van der Waals surface area contributed by atoms with E-state index in [0.717, 1.165) is 47.2 Å². The number of hydrogen-bond donors (Lipinski definition) is 1. The normalized spacial score (nSPS) is 15.1. The monoisotopic (exact) mass is 497 g/mol. The van der Waals surface area contributed by atoms with E-state index in [1.807, 2.05) is 18.2 Å². The van der Waals surface area contributed by atoms with Gasteiger partial charge in [-0.15, -0.1) is 0 Å². The predicted octanol–water partition coefficient (Wildman–Crippen LogP) is 6.26. The maximum Gasteiger partial charge on any atom is 0.220 e. The molecule has 1 amide bonds. The number of carbonyl (C=O) groups is 1. The van der Waals surface area contributed by atoms with Gasteiger partial charge in [0.15, 0.2) is 0 Å². The number of rotatable bonds is 9. The Bertz CT molecular complexity index is 1340. The Balaban J connectivity index is 1.41. The summed E-state index contributed by atoms with van der Waals surface area (Å²) in [4.78, 5) is 15.7. The molecule has 1 saturated heterocycles. The van der Waals surface area contributed by atoms with E-state index in [1.54, 1.807) is 0 Å². The van der Waals surface area contributed by atoms with Crippen molar-refractivity contribution in [2.24, 2.45) is 0 Å². The van der Waals surface area contributed by atoms with Gasteiger partial charge < -0.3 is 14.8 Å². The third-order valence-electron chi connectivity index (χ3n) is 7.49. The Morgan fingerprint density at radius 3 is 2.54 bits per heavy atom. The van der Waals surface area contributed by atoms with Crippen LogP contribution in [0.3, 0.4) is 0 Å². The summed E-state index contributed by atoms with van der Waals surface area (Å²) >= 11 is 0. The molecule has 4 nitrogen and oxygen atoms in total. The molecule has 0 saturated carbocycles. The molecule has 1 N–H and O–H groups in total. The first-order valence-corrected chi connectivity index (χ1v) is 13.4. The Morgan fingerprint density at radius 2 is 1.76 bits per heavy atom. The van der Waals surface area contributed by atoms with Crippen molar-refractivity contribution < 1.29 is 9.18 Å². The molecule has 1 aliphatic heterocycles. The minimum atomic E-state index is -0.229. The summed E-state index contributed by atoms with van der Waals surface area (Å²) in [6.45, 7) is 6.61. The van der Waals surface area contributed by atoms with Crippen LogP contribution < -0.4 is 5.32 Å². The van der Waals surface area contributed by atoms with E-state index >= 15 is 0 Å². The molecule has 37 heavy (non-hydrogen) atoms. The van der Waals surface area contributed by atoms with Crippen LogP contribution in [-0.2, 0) is 11.3 Å². The molecule has 0 bridgehead atoms. The number of benzene rings is 3. The molecule has 5 rings (SSSR count). The van der Waals surface area contributed by atoms with Crippen LogP contribution in [0.2, 0.25) is 0 Å². The van der Waals surface area contributed by atoms with E-state index in [2.05, 4.69) is 70.4 Å². The fraction of sp³-hybridized carbons (Fsp3) is 0.344. The largest absolute Gasteiger partial charge is 0.355 e. The molecule has 1 atom stereocenters. The smallest absolute Gasteiger partial charge is 0.220 e. The number of amides is 1. The number of piperidine rings is 1. The fourth-order valence-corrected chi connectivity index (χ4v) is 5.56. The first kappa shape index (κ1) is 25.2. The van der Waals surface area contributed by atoms with Crippen molar-refractivity contribution in [3.8, 4) is 0 Å². The Labute approximate surface area is 219 Å². The van der Waals surface area contributed by atoms with Crippen LogP contribution in [0.25, 0.3) is 10.9 Å². The summed E-state index contributed by atoms with van der Waals surface area (Å²) in [6, 6.07) is 23.5. The molecule has 1 aromatic heterocycles. The maximum atomic E-state index is 13.5. The molecule has 2 heterocycles. The van der Waals surface area contributed by atoms with E-state index in [9.17, 15) is 9.18 Å². The van der Waals surface area contributed by atoms with Crippen LogP contribution in [0.15, 0.2) is 79.0 Å². The zero-order chi connectivity index (χ0) is 25.6. The van der Waals surface area contributed by atoms with Gasteiger partial charge in [0.05, 0.1) is 0 Å². The first-order valence-electron chi connectivity index (χ1n) is 13.4. The average molecular weight is 498 g/mol. The molecule has 0 aliphatic carbocycles. The second-order valence-electron chi connectivity index (χ2n) is 10.3. The van der Waals surface area contributed by atoms with Gasteiger partial charge in [-0.05, 0) is 67.7 Å². The van der Waals surface area contributed by atoms with Gasteiger partial charge in [0, 0.05) is 49.1 Å². The van der Waals surface area contributed by atoms with Crippen LogP contribution in [0.4, 0.5) is 4.39 Å². The summed E-state index contributed by atoms with van der Waals surface area (Å²) in [5.41, 5.74) is 5.63. The number of nitrogens with one attached hydrogen (secondary N) is 1. The molecular formula is C32H36FN3O. The molecule has 4 aromatic rings. The van der Waals surface area contributed by atoms with Gasteiger partial charge in [-0.25, -0.2) is 4.39 Å². The molecule has 1 aliphatic rings. The molecule has 192 valence electrons. The molecule has 0 spiro atoms. The van der Waals surface area contributed by atoms with Crippen molar-refractivity contribution in [3.05, 3.63) is 107 Å². The van der Waals surface area contributed by atoms with Crippen LogP contribution in [0, 0.1) is 12.7 Å². The fourth-order valence-electron chi connectivity index (χ4n) is 5.56. The zero-order valence-corrected chi connectivity index (χ0v) is 21.6. The van der Waals surface area contributed by atoms with E-state index in [4.69, 9.17) is 0 Å². The van der Waals surface area contributed by atoms with Gasteiger partial charge >= 0.3 is 0 Å². The van der Waals surface area contributed by atoms with Crippen LogP contribution in [0.1, 0.15) is 53.9 Å². The third kappa shape index (κ3) is 6.28. The van der Waals surface area contributed by atoms with Crippen LogP contribution >= 0.6 is 0 Å². The highest BCUT2D eigenvalue weighted by Crippen LogP contribution is 2.35. The Morgan fingerprint density at radius 1 is 0.973 bits per heavy atom. The van der Waals surface area contributed by atoms with Gasteiger partial charge in [-0.3, -0.25) is 4.79 Å². The SMILES string of the molecule is Cc1cccc(C(CC(=O)NCCN2CCCCC2)c2cn(Cc3ccc(F)cc3)c3ccccc23)c1. The number of fused-ring (bicyclic) bond motifs is 1. The lowest BCUT2D eigenvalue weighted by Crippen LogP contribution is -2.38. The summed E-state index contributed by atoms with van der Waals surface area (Å²) in [5, 5.41) is 4.34. The summed E-state index contributed by atoms with van der Waals surface area (Å²) in [6.07, 6.45) is 6.41. The summed E-state index contributed by atoms with van der Waals surface area (Å²) < 4.78 is 15.7.